The molecule has 0 aliphatic rings. The van der Waals surface area contributed by atoms with Crippen molar-refractivity contribution in [3.63, 3.8) is 0 Å². The third kappa shape index (κ3) is 375. The number of hydrogen-bond acceptors (Lipinski definition) is 3. The van der Waals surface area contributed by atoms with E-state index in [9.17, 15) is 0 Å². The Labute approximate surface area is 304 Å². The second kappa shape index (κ2) is 42.1. The van der Waals surface area contributed by atoms with Crippen LogP contribution in [0.4, 0.5) is 4.79 Å². The molecule has 0 amide bonds. The number of phosphoric acid groups is 2. The zero-order valence-corrected chi connectivity index (χ0v) is 8.99. The summed E-state index contributed by atoms with van der Waals surface area (Å²) in [5, 5.41) is 13.9. The third-order valence-corrected chi connectivity index (χ3v) is 0. The molecule has 0 saturated carbocycles. The molecule has 0 aromatic rings. The van der Waals surface area contributed by atoms with Crippen LogP contribution in [0, 0.1) is 0 Å². The Morgan fingerprint density at radius 1 is 0.545 bits per heavy atom. The topological polar surface area (TPSA) is 276 Å². The standard InChI is InChI=1S/CH2O3.6Ca.2H3O4P.2H2O.12H/c2-1(3)4;;;;;;;2*1-5(2,3)4;;;;;;;;;;;;;;/h(H2,2,3,4);;;;;;;2*(H3,1,2,3,4);2*1H2;;;;;;;;;;;;. The van der Waals surface area contributed by atoms with E-state index in [1.807, 2.05) is 0 Å². The Morgan fingerprint density at radius 2 is 0.545 bits per heavy atom. The first kappa shape index (κ1) is 70.2. The molecule has 0 aromatic heterocycles. The number of hydrogen-bond donors (Lipinski definition) is 8. The first-order valence-electron chi connectivity index (χ1n) is 2.22. The summed E-state index contributed by atoms with van der Waals surface area (Å²) in [5.74, 6) is 0. The molecule has 0 aromatic carbocycles. The number of carbonyl (C=O) groups is 1. The van der Waals surface area contributed by atoms with Crippen LogP contribution < -0.4 is 0 Å². The van der Waals surface area contributed by atoms with Gasteiger partial charge in [-0.1, -0.05) is 0 Å². The van der Waals surface area contributed by atoms with E-state index in [4.69, 9.17) is 53.5 Å². The molecule has 13 nitrogen and oxygen atoms in total. The van der Waals surface area contributed by atoms with E-state index in [0.717, 1.165) is 0 Å². The summed E-state index contributed by atoms with van der Waals surface area (Å²) < 4.78 is 17.8. The van der Waals surface area contributed by atoms with Crippen LogP contribution in [0.25, 0.3) is 0 Å². The maximum atomic E-state index is 8.88. The molecule has 0 fully saturated rings. The molecule has 128 valence electrons. The van der Waals surface area contributed by atoms with Crippen LogP contribution in [0.1, 0.15) is 0 Å². The minimum atomic E-state index is -4.64. The summed E-state index contributed by atoms with van der Waals surface area (Å²) in [5.41, 5.74) is 0. The van der Waals surface area contributed by atoms with E-state index in [1.165, 1.54) is 0 Å². The quantitative estimate of drug-likeness (QED) is 0.104. The Kier molecular flexibility index (Phi) is 134. The molecule has 0 rings (SSSR count). The zero-order valence-electron chi connectivity index (χ0n) is 7.20. The van der Waals surface area contributed by atoms with Crippen molar-refractivity contribution >= 4 is 248 Å². The fourth-order valence-corrected chi connectivity index (χ4v) is 0. The SMILES string of the molecule is O.O.O=C(O)O.O=P(O)(O)O.O=P(O)(O)O.[CaH2].[CaH2].[CaH2].[CaH2].[CaH2].[CaH2]. The van der Waals surface area contributed by atoms with E-state index >= 15 is 0 Å². The molecule has 0 unspecified atom stereocenters. The molecule has 0 saturated heterocycles. The van der Waals surface area contributed by atoms with E-state index in [1.54, 1.807) is 0 Å². The van der Waals surface area contributed by atoms with Gasteiger partial charge < -0.3 is 50.5 Å². The molecular weight excluding hydrogens is 522 g/mol. The van der Waals surface area contributed by atoms with Crippen molar-refractivity contribution in [2.45, 2.75) is 0 Å². The molecule has 22 heavy (non-hydrogen) atoms. The maximum absolute atomic E-state index is 8.88. The molecular formula is CH24Ca6O13P2. The van der Waals surface area contributed by atoms with Gasteiger partial charge in [0.2, 0.25) is 0 Å². The second-order valence-electron chi connectivity index (χ2n) is 1.31. The van der Waals surface area contributed by atoms with Gasteiger partial charge in [0.05, 0.1) is 0 Å². The van der Waals surface area contributed by atoms with Gasteiger partial charge >= 0.3 is 248 Å². The van der Waals surface area contributed by atoms with Gasteiger partial charge in [0.15, 0.2) is 0 Å². The first-order valence-corrected chi connectivity index (χ1v) is 5.35. The van der Waals surface area contributed by atoms with Crippen LogP contribution in [0.5, 0.6) is 0 Å². The van der Waals surface area contributed by atoms with Gasteiger partial charge in [-0.3, -0.25) is 0 Å². The number of carboxylic acid groups (broad SMARTS) is 2. The molecule has 12 N–H and O–H groups in total. The summed E-state index contributed by atoms with van der Waals surface area (Å²) in [7, 11) is -9.28. The van der Waals surface area contributed by atoms with E-state index in [2.05, 4.69) is 0 Å². The predicted octanol–water partition coefficient (Wildman–Crippen LogP) is -8.78. The van der Waals surface area contributed by atoms with Crippen LogP contribution >= 0.6 is 15.6 Å². The summed E-state index contributed by atoms with van der Waals surface area (Å²) >= 11 is 0. The van der Waals surface area contributed by atoms with Gasteiger partial charge in [-0.25, -0.2) is 13.9 Å². The fraction of sp³-hybridized carbons (Fsp3) is 0. The monoisotopic (exact) mass is 546 g/mol. The minimum absolute atomic E-state index is 0. The van der Waals surface area contributed by atoms with Crippen LogP contribution in [-0.4, -0.2) is 283 Å². The summed E-state index contributed by atoms with van der Waals surface area (Å²) in [6.07, 6.45) is -1.83. The summed E-state index contributed by atoms with van der Waals surface area (Å²) in [6, 6.07) is 0. The molecule has 0 spiro atoms. The Bertz CT molecular complexity index is 208. The molecule has 0 aliphatic heterocycles. The molecule has 0 radical (unpaired) electrons. The van der Waals surface area contributed by atoms with Crippen LogP contribution in [0.2, 0.25) is 0 Å². The average Bonchev–Trinajstić information content (AvgIpc) is 1.45. The van der Waals surface area contributed by atoms with Crippen LogP contribution in [-0.2, 0) is 9.13 Å². The Hall–Kier alpha value is 6.97. The van der Waals surface area contributed by atoms with Crippen molar-refractivity contribution < 1.29 is 64.5 Å². The van der Waals surface area contributed by atoms with E-state index in [0.29, 0.717) is 0 Å². The van der Waals surface area contributed by atoms with Crippen molar-refractivity contribution in [2.75, 3.05) is 0 Å². The molecule has 0 atom stereocenters. The van der Waals surface area contributed by atoms with Gasteiger partial charge in [0.25, 0.3) is 0 Å². The molecule has 21 heteroatoms. The van der Waals surface area contributed by atoms with Gasteiger partial charge in [0.1, 0.15) is 0 Å². The van der Waals surface area contributed by atoms with Crippen molar-refractivity contribution in [1.29, 1.82) is 0 Å². The van der Waals surface area contributed by atoms with Crippen molar-refractivity contribution in [2.24, 2.45) is 0 Å². The Balaban J connectivity index is -0.00000000779. The summed E-state index contributed by atoms with van der Waals surface area (Å²) in [4.78, 5) is 51.7. The Morgan fingerprint density at radius 3 is 0.545 bits per heavy atom. The van der Waals surface area contributed by atoms with Gasteiger partial charge in [-0.15, -0.1) is 0 Å². The van der Waals surface area contributed by atoms with Gasteiger partial charge in [-0.05, 0) is 0 Å². The average molecular weight is 547 g/mol. The molecule has 0 aliphatic carbocycles. The van der Waals surface area contributed by atoms with E-state index in [-0.39, 0.29) is 237 Å². The normalized spacial score (nSPS) is 6.45. The fourth-order valence-electron chi connectivity index (χ4n) is 0. The van der Waals surface area contributed by atoms with Crippen molar-refractivity contribution in [1.82, 2.24) is 0 Å². The predicted molar refractivity (Wildman–Crippen MR) is 97.7 cm³/mol. The zero-order chi connectivity index (χ0) is 12.6. The van der Waals surface area contributed by atoms with Gasteiger partial charge in [0, 0.05) is 0 Å². The third-order valence-electron chi connectivity index (χ3n) is 0. The number of rotatable bonds is 0. The van der Waals surface area contributed by atoms with Crippen molar-refractivity contribution in [3.05, 3.63) is 0 Å². The van der Waals surface area contributed by atoms with Crippen LogP contribution in [0.15, 0.2) is 0 Å². The van der Waals surface area contributed by atoms with Gasteiger partial charge in [-0.2, -0.15) is 0 Å². The second-order valence-corrected chi connectivity index (χ2v) is 3.36. The first-order chi connectivity index (χ1) is 5.73. The van der Waals surface area contributed by atoms with Crippen molar-refractivity contribution in [3.8, 4) is 0 Å². The molecule has 0 bridgehead atoms. The van der Waals surface area contributed by atoms with Crippen LogP contribution in [0.3, 0.4) is 0 Å². The molecule has 0 heterocycles. The van der Waals surface area contributed by atoms with E-state index < -0.39 is 21.8 Å². The summed E-state index contributed by atoms with van der Waals surface area (Å²) in [6.45, 7) is 0.